The molecule has 0 aliphatic heterocycles. The van der Waals surface area contributed by atoms with E-state index in [-0.39, 0.29) is 17.3 Å². The summed E-state index contributed by atoms with van der Waals surface area (Å²) in [7, 11) is -4.10. The molecule has 0 fully saturated rings. The third kappa shape index (κ3) is 7.68. The Labute approximate surface area is 241 Å². The van der Waals surface area contributed by atoms with Crippen LogP contribution < -0.4 is 9.62 Å². The fourth-order valence-corrected chi connectivity index (χ4v) is 5.82. The lowest BCUT2D eigenvalue weighted by Crippen LogP contribution is -2.51. The second kappa shape index (κ2) is 13.4. The van der Waals surface area contributed by atoms with Gasteiger partial charge in [-0.2, -0.15) is 0 Å². The molecule has 7 nitrogen and oxygen atoms in total. The average Bonchev–Trinajstić information content (AvgIpc) is 2.89. The summed E-state index contributed by atoms with van der Waals surface area (Å²) in [6.07, 6.45) is 0.755. The maximum Gasteiger partial charge on any atom is 0.264 e. The fourth-order valence-electron chi connectivity index (χ4n) is 3.76. The average molecular weight is 665 g/mol. The number of nitrogens with one attached hydrogen (secondary N) is 1. The molecule has 1 unspecified atom stereocenters. The van der Waals surface area contributed by atoms with E-state index in [9.17, 15) is 18.0 Å². The summed E-state index contributed by atoms with van der Waals surface area (Å²) in [6.45, 7) is 5.62. The molecule has 10 heteroatoms. The van der Waals surface area contributed by atoms with Gasteiger partial charge in [-0.05, 0) is 68.3 Å². The molecule has 0 aromatic heterocycles. The highest BCUT2D eigenvalue weighted by Gasteiger charge is 2.32. The molecule has 3 aromatic rings. The summed E-state index contributed by atoms with van der Waals surface area (Å²) in [4.78, 5) is 28.2. The lowest BCUT2D eigenvalue weighted by atomic mass is 10.1. The minimum absolute atomic E-state index is 0.0732. The summed E-state index contributed by atoms with van der Waals surface area (Å²) in [5, 5.41) is 2.84. The van der Waals surface area contributed by atoms with E-state index in [1.54, 1.807) is 43.3 Å². The number of rotatable bonds is 11. The van der Waals surface area contributed by atoms with E-state index in [4.69, 9.17) is 0 Å². The molecule has 0 saturated carbocycles. The molecule has 3 aromatic carbocycles. The predicted octanol–water partition coefficient (Wildman–Crippen LogP) is 5.66. The van der Waals surface area contributed by atoms with E-state index in [2.05, 4.69) is 37.2 Å². The number of sulfonamides is 1. The minimum atomic E-state index is -4.10. The number of carbonyl (C=O) groups is 2. The zero-order valence-electron chi connectivity index (χ0n) is 21.5. The molecule has 38 heavy (non-hydrogen) atoms. The Morgan fingerprint density at radius 3 is 2.21 bits per heavy atom. The first kappa shape index (κ1) is 29.9. The number of anilines is 1. The molecule has 0 saturated heterocycles. The van der Waals surface area contributed by atoms with Gasteiger partial charge >= 0.3 is 0 Å². The first-order valence-corrected chi connectivity index (χ1v) is 15.2. The monoisotopic (exact) mass is 663 g/mol. The van der Waals surface area contributed by atoms with Crippen molar-refractivity contribution in [2.45, 2.75) is 44.7 Å². The molecular formula is C28H31Br2N3O4S. The van der Waals surface area contributed by atoms with Gasteiger partial charge < -0.3 is 10.2 Å². The molecule has 0 radical (unpaired) electrons. The van der Waals surface area contributed by atoms with Gasteiger partial charge in [0.1, 0.15) is 12.6 Å². The van der Waals surface area contributed by atoms with Crippen molar-refractivity contribution in [1.29, 1.82) is 0 Å². The van der Waals surface area contributed by atoms with E-state index < -0.39 is 28.5 Å². The van der Waals surface area contributed by atoms with Crippen LogP contribution >= 0.6 is 31.9 Å². The molecule has 0 spiro atoms. The largest absolute Gasteiger partial charge is 0.354 e. The number of nitrogens with zero attached hydrogens (tertiary/aromatic N) is 2. The molecule has 0 aliphatic rings. The van der Waals surface area contributed by atoms with Gasteiger partial charge in [0, 0.05) is 22.0 Å². The van der Waals surface area contributed by atoms with E-state index in [1.165, 1.54) is 17.0 Å². The zero-order valence-corrected chi connectivity index (χ0v) is 25.5. The highest BCUT2D eigenvalue weighted by molar-refractivity contribution is 9.10. The smallest absolute Gasteiger partial charge is 0.264 e. The maximum absolute atomic E-state index is 13.9. The zero-order chi connectivity index (χ0) is 27.9. The number of amides is 2. The second-order valence-corrected chi connectivity index (χ2v) is 12.6. The van der Waals surface area contributed by atoms with Crippen LogP contribution in [0.4, 0.5) is 5.69 Å². The predicted molar refractivity (Wildman–Crippen MR) is 157 cm³/mol. The van der Waals surface area contributed by atoms with Gasteiger partial charge in [0.25, 0.3) is 10.0 Å². The number of benzene rings is 3. The Kier molecular flexibility index (Phi) is 10.5. The maximum atomic E-state index is 13.9. The first-order valence-electron chi connectivity index (χ1n) is 12.2. The van der Waals surface area contributed by atoms with Crippen molar-refractivity contribution in [3.63, 3.8) is 0 Å². The van der Waals surface area contributed by atoms with Crippen LogP contribution in [-0.4, -0.2) is 44.3 Å². The summed E-state index contributed by atoms with van der Waals surface area (Å²) in [5.41, 5.74) is 2.06. The van der Waals surface area contributed by atoms with Crippen molar-refractivity contribution >= 4 is 59.4 Å². The number of hydrogen-bond acceptors (Lipinski definition) is 4. The number of hydrogen-bond donors (Lipinski definition) is 1. The van der Waals surface area contributed by atoms with Gasteiger partial charge in [-0.25, -0.2) is 8.42 Å². The van der Waals surface area contributed by atoms with Crippen LogP contribution in [0.5, 0.6) is 0 Å². The molecule has 0 heterocycles. The molecule has 3 rings (SSSR count). The fraction of sp³-hybridized carbons (Fsp3) is 0.286. The number of aryl methyl sites for hydroxylation is 1. The van der Waals surface area contributed by atoms with Crippen LogP contribution in [0, 0.1) is 6.92 Å². The van der Waals surface area contributed by atoms with Gasteiger partial charge in [0.05, 0.1) is 10.6 Å². The molecule has 0 aliphatic carbocycles. The Bertz CT molecular complexity index is 1360. The summed E-state index contributed by atoms with van der Waals surface area (Å²) >= 11 is 6.81. The van der Waals surface area contributed by atoms with Gasteiger partial charge in [-0.15, -0.1) is 0 Å². The van der Waals surface area contributed by atoms with E-state index in [0.717, 1.165) is 26.3 Å². The lowest BCUT2D eigenvalue weighted by molar-refractivity contribution is -0.139. The third-order valence-electron chi connectivity index (χ3n) is 5.97. The van der Waals surface area contributed by atoms with Crippen LogP contribution in [0.25, 0.3) is 0 Å². The van der Waals surface area contributed by atoms with Crippen LogP contribution in [0.3, 0.4) is 0 Å². The van der Waals surface area contributed by atoms with Crippen LogP contribution in [-0.2, 0) is 26.2 Å². The molecule has 2 amide bonds. The Morgan fingerprint density at radius 1 is 0.947 bits per heavy atom. The Hall–Kier alpha value is -2.69. The van der Waals surface area contributed by atoms with Crippen molar-refractivity contribution in [2.24, 2.45) is 0 Å². The summed E-state index contributed by atoms with van der Waals surface area (Å²) in [6, 6.07) is 19.9. The molecule has 0 bridgehead atoms. The molecule has 1 N–H and O–H groups in total. The van der Waals surface area contributed by atoms with Crippen molar-refractivity contribution in [2.75, 3.05) is 17.4 Å². The SMILES string of the molecule is CCCNC(=O)C(C)N(Cc1ccc(Br)cc1)C(=O)CN(c1cccc(Br)c1)S(=O)(=O)c1ccc(C)cc1. The topological polar surface area (TPSA) is 86.8 Å². The van der Waals surface area contributed by atoms with Crippen LogP contribution in [0.1, 0.15) is 31.4 Å². The van der Waals surface area contributed by atoms with Gasteiger partial charge in [-0.1, -0.05) is 74.7 Å². The Balaban J connectivity index is 2.01. The molecular weight excluding hydrogens is 634 g/mol. The second-order valence-electron chi connectivity index (χ2n) is 8.92. The van der Waals surface area contributed by atoms with E-state index in [0.29, 0.717) is 16.7 Å². The standard InChI is InChI=1S/C28H31Br2N3O4S/c1-4-16-31-28(35)21(3)32(18-22-10-12-23(29)13-11-22)27(34)19-33(25-7-5-6-24(30)17-25)38(36,37)26-14-8-20(2)9-15-26/h5-15,17,21H,4,16,18-19H2,1-3H3,(H,31,35). The number of halogens is 2. The molecule has 1 atom stereocenters. The normalized spacial score (nSPS) is 12.0. The van der Waals surface area contributed by atoms with Gasteiger partial charge in [-0.3, -0.25) is 13.9 Å². The third-order valence-corrected chi connectivity index (χ3v) is 8.78. The number of carbonyl (C=O) groups excluding carboxylic acids is 2. The van der Waals surface area contributed by atoms with Gasteiger partial charge in [0.2, 0.25) is 11.8 Å². The lowest BCUT2D eigenvalue weighted by Gasteiger charge is -2.32. The minimum Gasteiger partial charge on any atom is -0.354 e. The van der Waals surface area contributed by atoms with Crippen LogP contribution in [0.15, 0.2) is 86.6 Å². The summed E-state index contributed by atoms with van der Waals surface area (Å²) in [5.74, 6) is -0.796. The van der Waals surface area contributed by atoms with Gasteiger partial charge in [0.15, 0.2) is 0 Å². The van der Waals surface area contributed by atoms with E-state index >= 15 is 0 Å². The highest BCUT2D eigenvalue weighted by Crippen LogP contribution is 2.27. The van der Waals surface area contributed by atoms with Crippen molar-refractivity contribution in [1.82, 2.24) is 10.2 Å². The van der Waals surface area contributed by atoms with Crippen LogP contribution in [0.2, 0.25) is 0 Å². The van der Waals surface area contributed by atoms with Crippen molar-refractivity contribution in [3.8, 4) is 0 Å². The highest BCUT2D eigenvalue weighted by atomic mass is 79.9. The Morgan fingerprint density at radius 2 is 1.61 bits per heavy atom. The van der Waals surface area contributed by atoms with E-state index in [1.807, 2.05) is 38.1 Å². The van der Waals surface area contributed by atoms with Crippen molar-refractivity contribution < 1.29 is 18.0 Å². The quantitative estimate of drug-likeness (QED) is 0.287. The van der Waals surface area contributed by atoms with Crippen molar-refractivity contribution in [3.05, 3.63) is 92.9 Å². The molecule has 202 valence electrons. The first-order chi connectivity index (χ1) is 18.0. The summed E-state index contributed by atoms with van der Waals surface area (Å²) < 4.78 is 30.3.